The Morgan fingerprint density at radius 1 is 1.25 bits per heavy atom. The van der Waals surface area contributed by atoms with Gasteiger partial charge in [-0.2, -0.15) is 0 Å². The van der Waals surface area contributed by atoms with E-state index in [-0.39, 0.29) is 0 Å². The number of anilines is 2. The van der Waals surface area contributed by atoms with Crippen molar-refractivity contribution in [3.8, 4) is 11.1 Å². The SMILES string of the molecule is CCCN(c1c(Cl)cc(-c2cccnc2)c(N)c1Cl)n1ccnc1. The zero-order valence-electron chi connectivity index (χ0n) is 13.2. The first kappa shape index (κ1) is 16.6. The molecular formula is C17H17Cl2N5. The largest absolute Gasteiger partial charge is 0.397 e. The number of nitrogens with zero attached hydrogens (tertiary/aromatic N) is 4. The monoisotopic (exact) mass is 361 g/mol. The van der Waals surface area contributed by atoms with Crippen molar-refractivity contribution < 1.29 is 0 Å². The summed E-state index contributed by atoms with van der Waals surface area (Å²) in [5, 5.41) is 2.90. The van der Waals surface area contributed by atoms with Crippen LogP contribution in [0.15, 0.2) is 49.3 Å². The second-order valence-corrected chi connectivity index (χ2v) is 6.07. The number of hydrogen-bond donors (Lipinski definition) is 1. The Hall–Kier alpha value is -2.24. The molecule has 2 heterocycles. The van der Waals surface area contributed by atoms with Crippen LogP contribution in [0, 0.1) is 0 Å². The number of hydrogen-bond acceptors (Lipinski definition) is 4. The van der Waals surface area contributed by atoms with Gasteiger partial charge in [0.05, 0.1) is 21.4 Å². The van der Waals surface area contributed by atoms with E-state index in [0.29, 0.717) is 21.4 Å². The van der Waals surface area contributed by atoms with Gasteiger partial charge < -0.3 is 5.73 Å². The smallest absolute Gasteiger partial charge is 0.114 e. The number of aromatic nitrogens is 3. The fraction of sp³-hybridized carbons (Fsp3) is 0.176. The van der Waals surface area contributed by atoms with Crippen molar-refractivity contribution in [2.24, 2.45) is 0 Å². The zero-order chi connectivity index (χ0) is 17.1. The molecule has 0 spiro atoms. The maximum Gasteiger partial charge on any atom is 0.114 e. The summed E-state index contributed by atoms with van der Waals surface area (Å²) < 4.78 is 1.85. The summed E-state index contributed by atoms with van der Waals surface area (Å²) in [4.78, 5) is 8.22. The maximum absolute atomic E-state index is 6.60. The molecule has 0 aliphatic rings. The van der Waals surface area contributed by atoms with Crippen LogP contribution in [0.3, 0.4) is 0 Å². The Labute approximate surface area is 150 Å². The molecule has 3 aromatic rings. The lowest BCUT2D eigenvalue weighted by atomic mass is 10.0. The van der Waals surface area contributed by atoms with E-state index >= 15 is 0 Å². The normalized spacial score (nSPS) is 10.8. The summed E-state index contributed by atoms with van der Waals surface area (Å²) >= 11 is 13.2. The quantitative estimate of drug-likeness (QED) is 0.679. The molecule has 5 nitrogen and oxygen atoms in total. The van der Waals surface area contributed by atoms with E-state index in [1.807, 2.05) is 34.1 Å². The predicted octanol–water partition coefficient (Wildman–Crippen LogP) is 4.51. The second-order valence-electron chi connectivity index (χ2n) is 5.29. The highest BCUT2D eigenvalue weighted by atomic mass is 35.5. The van der Waals surface area contributed by atoms with Gasteiger partial charge in [-0.1, -0.05) is 36.2 Å². The van der Waals surface area contributed by atoms with E-state index < -0.39 is 0 Å². The summed E-state index contributed by atoms with van der Waals surface area (Å²) in [6.07, 6.45) is 9.60. The number of benzene rings is 1. The molecule has 0 unspecified atom stereocenters. The van der Waals surface area contributed by atoms with E-state index in [9.17, 15) is 0 Å². The van der Waals surface area contributed by atoms with Crippen LogP contribution >= 0.6 is 23.2 Å². The number of rotatable bonds is 5. The Kier molecular flexibility index (Phi) is 4.92. The van der Waals surface area contributed by atoms with Gasteiger partial charge in [-0.25, -0.2) is 9.66 Å². The average Bonchev–Trinajstić information content (AvgIpc) is 3.12. The van der Waals surface area contributed by atoms with Crippen molar-refractivity contribution in [2.75, 3.05) is 17.3 Å². The fourth-order valence-corrected chi connectivity index (χ4v) is 3.22. The molecule has 0 aliphatic heterocycles. The minimum absolute atomic E-state index is 0.420. The van der Waals surface area contributed by atoms with Crippen molar-refractivity contribution in [3.63, 3.8) is 0 Å². The van der Waals surface area contributed by atoms with E-state index in [4.69, 9.17) is 28.9 Å². The molecule has 24 heavy (non-hydrogen) atoms. The Balaban J connectivity index is 2.14. The van der Waals surface area contributed by atoms with Crippen LogP contribution < -0.4 is 10.7 Å². The van der Waals surface area contributed by atoms with Crippen molar-refractivity contribution >= 4 is 34.6 Å². The van der Waals surface area contributed by atoms with E-state index in [2.05, 4.69) is 16.9 Å². The van der Waals surface area contributed by atoms with Crippen LogP contribution in [0.2, 0.25) is 10.0 Å². The van der Waals surface area contributed by atoms with Crippen molar-refractivity contribution in [1.82, 2.24) is 14.6 Å². The van der Waals surface area contributed by atoms with Crippen LogP contribution in [0.1, 0.15) is 13.3 Å². The van der Waals surface area contributed by atoms with Crippen molar-refractivity contribution in [2.45, 2.75) is 13.3 Å². The molecule has 0 saturated carbocycles. The van der Waals surface area contributed by atoms with Crippen LogP contribution in [0.5, 0.6) is 0 Å². The molecule has 0 aliphatic carbocycles. The first-order valence-electron chi connectivity index (χ1n) is 7.57. The fourth-order valence-electron chi connectivity index (χ4n) is 2.57. The highest BCUT2D eigenvalue weighted by Gasteiger charge is 2.21. The number of nitrogens with two attached hydrogens (primary N) is 1. The summed E-state index contributed by atoms with van der Waals surface area (Å²) in [6.45, 7) is 2.81. The molecule has 0 radical (unpaired) electrons. The second kappa shape index (κ2) is 7.11. The summed E-state index contributed by atoms with van der Waals surface area (Å²) in [5.74, 6) is 0. The van der Waals surface area contributed by atoms with Crippen molar-refractivity contribution in [1.29, 1.82) is 0 Å². The summed E-state index contributed by atoms with van der Waals surface area (Å²) in [6, 6.07) is 5.60. The molecule has 2 N–H and O–H groups in total. The molecule has 7 heteroatoms. The minimum atomic E-state index is 0.420. The maximum atomic E-state index is 6.60. The van der Waals surface area contributed by atoms with E-state index in [1.54, 1.807) is 24.9 Å². The molecule has 0 fully saturated rings. The van der Waals surface area contributed by atoms with E-state index in [1.165, 1.54) is 0 Å². The molecule has 2 aromatic heterocycles. The molecule has 0 amide bonds. The topological polar surface area (TPSA) is 60.0 Å². The molecule has 3 rings (SSSR count). The van der Waals surface area contributed by atoms with Crippen LogP contribution in [-0.4, -0.2) is 21.2 Å². The molecule has 0 atom stereocenters. The van der Waals surface area contributed by atoms with Crippen LogP contribution in [0.25, 0.3) is 11.1 Å². The highest BCUT2D eigenvalue weighted by Crippen LogP contribution is 2.43. The first-order valence-corrected chi connectivity index (χ1v) is 8.32. The minimum Gasteiger partial charge on any atom is -0.397 e. The van der Waals surface area contributed by atoms with Gasteiger partial charge in [0.25, 0.3) is 0 Å². The first-order chi connectivity index (χ1) is 11.6. The molecule has 0 bridgehead atoms. The van der Waals surface area contributed by atoms with Gasteiger partial charge in [-0.15, -0.1) is 0 Å². The third kappa shape index (κ3) is 3.05. The third-order valence-electron chi connectivity index (χ3n) is 3.67. The Morgan fingerprint density at radius 3 is 2.71 bits per heavy atom. The highest BCUT2D eigenvalue weighted by molar-refractivity contribution is 6.41. The van der Waals surface area contributed by atoms with Gasteiger partial charge in [-0.05, 0) is 18.6 Å². The van der Waals surface area contributed by atoms with Gasteiger partial charge in [0.2, 0.25) is 0 Å². The number of nitrogen functional groups attached to an aromatic ring is 1. The lowest BCUT2D eigenvalue weighted by Crippen LogP contribution is -2.30. The standard InChI is InChI=1S/C17H17Cl2N5/c1-2-7-24(23-8-6-22-11-23)17-14(18)9-13(16(20)15(17)19)12-4-3-5-21-10-12/h3-6,8-11H,2,7,20H2,1H3. The van der Waals surface area contributed by atoms with E-state index in [0.717, 1.165) is 24.1 Å². The zero-order valence-corrected chi connectivity index (χ0v) is 14.7. The van der Waals surface area contributed by atoms with Gasteiger partial charge in [-0.3, -0.25) is 9.99 Å². The lowest BCUT2D eigenvalue weighted by Gasteiger charge is -2.28. The Morgan fingerprint density at radius 2 is 2.08 bits per heavy atom. The van der Waals surface area contributed by atoms with Crippen LogP contribution in [-0.2, 0) is 0 Å². The Bertz CT molecular complexity index is 819. The average molecular weight is 362 g/mol. The predicted molar refractivity (Wildman–Crippen MR) is 99.4 cm³/mol. The molecular weight excluding hydrogens is 345 g/mol. The number of halogens is 2. The molecule has 1 aromatic carbocycles. The molecule has 124 valence electrons. The lowest BCUT2D eigenvalue weighted by molar-refractivity contribution is 0.675. The van der Waals surface area contributed by atoms with Gasteiger partial charge in [0, 0.05) is 42.5 Å². The van der Waals surface area contributed by atoms with Gasteiger partial charge in [0.1, 0.15) is 6.33 Å². The molecule has 0 saturated heterocycles. The summed E-state index contributed by atoms with van der Waals surface area (Å²) in [5.41, 5.74) is 9.09. The van der Waals surface area contributed by atoms with Crippen LogP contribution in [0.4, 0.5) is 11.4 Å². The number of imidazole rings is 1. The third-order valence-corrected chi connectivity index (χ3v) is 4.34. The van der Waals surface area contributed by atoms with Crippen molar-refractivity contribution in [3.05, 3.63) is 59.4 Å². The van der Waals surface area contributed by atoms with Gasteiger partial charge >= 0.3 is 0 Å². The summed E-state index contributed by atoms with van der Waals surface area (Å²) in [7, 11) is 0. The number of pyridine rings is 1. The van der Waals surface area contributed by atoms with Gasteiger partial charge in [0.15, 0.2) is 0 Å².